The van der Waals surface area contributed by atoms with Crippen molar-refractivity contribution in [2.75, 3.05) is 19.1 Å². The van der Waals surface area contributed by atoms with Crippen LogP contribution in [0.1, 0.15) is 30.0 Å². The van der Waals surface area contributed by atoms with Gasteiger partial charge in [0.2, 0.25) is 12.2 Å². The molecule has 2 aliphatic heterocycles. The normalized spacial score (nSPS) is 27.2. The monoisotopic (exact) mass is 577 g/mol. The zero-order chi connectivity index (χ0) is 29.8. The molecule has 1 amide bonds. The highest BCUT2D eigenvalue weighted by Crippen LogP contribution is 2.46. The lowest BCUT2D eigenvalue weighted by molar-refractivity contribution is -0.271. The van der Waals surface area contributed by atoms with Crippen molar-refractivity contribution in [3.8, 4) is 11.5 Å². The lowest BCUT2D eigenvalue weighted by Crippen LogP contribution is -2.61. The minimum absolute atomic E-state index is 0.0543. The number of hydrogen-bond acceptors (Lipinski definition) is 9. The summed E-state index contributed by atoms with van der Waals surface area (Å²) in [4.78, 5) is 27.2. The van der Waals surface area contributed by atoms with Crippen molar-refractivity contribution in [2.24, 2.45) is 5.92 Å². The third kappa shape index (κ3) is 5.98. The zero-order valence-electron chi connectivity index (χ0n) is 23.4. The number of carbonyl (C=O) groups excluding carboxylic acids is 2. The quantitative estimate of drug-likeness (QED) is 0.246. The number of β-lactam (4-membered cyclic amide) rings is 1. The Bertz CT molecular complexity index is 1350. The zero-order valence-corrected chi connectivity index (χ0v) is 23.4. The average Bonchev–Trinajstić information content (AvgIpc) is 3.02. The van der Waals surface area contributed by atoms with Gasteiger partial charge < -0.3 is 39.2 Å². The minimum atomic E-state index is -1.68. The molecule has 2 aliphatic rings. The maximum atomic E-state index is 13.4. The Morgan fingerprint density at radius 3 is 2.17 bits per heavy atom. The van der Waals surface area contributed by atoms with Crippen LogP contribution in [0.15, 0.2) is 78.9 Å². The highest BCUT2D eigenvalue weighted by Gasteiger charge is 2.49. The highest BCUT2D eigenvalue weighted by atomic mass is 16.7. The van der Waals surface area contributed by atoms with Crippen LogP contribution in [0.5, 0.6) is 11.5 Å². The Labute approximate surface area is 244 Å². The van der Waals surface area contributed by atoms with Crippen LogP contribution in [0, 0.1) is 5.92 Å². The van der Waals surface area contributed by atoms with Gasteiger partial charge in [-0.05, 0) is 66.8 Å². The molecule has 0 spiro atoms. The van der Waals surface area contributed by atoms with Crippen molar-refractivity contribution in [3.05, 3.63) is 90.0 Å². The molecule has 0 unspecified atom stereocenters. The van der Waals surface area contributed by atoms with Crippen LogP contribution in [-0.4, -0.2) is 72.1 Å². The summed E-state index contributed by atoms with van der Waals surface area (Å²) in [5, 5.41) is 30.7. The van der Waals surface area contributed by atoms with Gasteiger partial charge >= 0.3 is 5.97 Å². The van der Waals surface area contributed by atoms with Crippen molar-refractivity contribution >= 4 is 17.6 Å². The molecule has 0 aromatic heterocycles. The van der Waals surface area contributed by atoms with Crippen LogP contribution in [0.3, 0.4) is 0 Å². The van der Waals surface area contributed by atoms with Gasteiger partial charge in [0, 0.05) is 5.69 Å². The number of aliphatic hydroxyl groups is 3. The number of ether oxygens (including phenoxy) is 4. The predicted octanol–water partition coefficient (Wildman–Crippen LogP) is 2.78. The molecule has 42 heavy (non-hydrogen) atoms. The molecule has 5 rings (SSSR count). The molecule has 3 aromatic rings. The maximum absolute atomic E-state index is 13.4. The number of benzene rings is 3. The van der Waals surface area contributed by atoms with Gasteiger partial charge in [-0.3, -0.25) is 4.79 Å². The number of methoxy groups -OCH3 is 2. The second kappa shape index (κ2) is 12.9. The summed E-state index contributed by atoms with van der Waals surface area (Å²) in [6, 6.07) is 24.4. The number of aliphatic hydroxyl groups excluding tert-OH is 3. The second-order valence-corrected chi connectivity index (χ2v) is 10.4. The lowest BCUT2D eigenvalue weighted by Gasteiger charge is -2.48. The van der Waals surface area contributed by atoms with E-state index in [2.05, 4.69) is 16.9 Å². The molecule has 10 nitrogen and oxygen atoms in total. The molecule has 3 N–H and O–H groups in total. The number of amides is 1. The van der Waals surface area contributed by atoms with Crippen molar-refractivity contribution < 1.29 is 43.9 Å². The van der Waals surface area contributed by atoms with Crippen LogP contribution >= 0.6 is 0 Å². The minimum Gasteiger partial charge on any atom is -0.497 e. The van der Waals surface area contributed by atoms with Crippen LogP contribution in [0.4, 0.5) is 5.69 Å². The van der Waals surface area contributed by atoms with Gasteiger partial charge in [-0.2, -0.15) is 0 Å². The van der Waals surface area contributed by atoms with Crippen LogP contribution in [0.2, 0.25) is 0 Å². The standard InChI is InChI=1S/C32H35NO9/c1-39-22-17-13-21(14-18-22)33-25(24(30(33)37)10-6-9-19-7-4-3-5-8-19)20-11-15-23(16-12-20)41-32-28(36)26(34)27(35)29(42-32)31(38)40-2/h3-5,7-8,11-18,24-29,32,34-36H,6,9-10H2,1-2H3/t24-,25-,26+,27+,28-,29+,32-/m1/s1. The number of hydrogen-bond donors (Lipinski definition) is 3. The van der Waals surface area contributed by atoms with Crippen LogP contribution in [-0.2, 0) is 25.5 Å². The third-order valence-electron chi connectivity index (χ3n) is 7.86. The summed E-state index contributed by atoms with van der Waals surface area (Å²) in [5.41, 5.74) is 2.90. The van der Waals surface area contributed by atoms with E-state index in [1.807, 2.05) is 54.6 Å². The first-order valence-corrected chi connectivity index (χ1v) is 13.9. The Kier molecular flexibility index (Phi) is 9.08. The molecule has 10 heteroatoms. The molecular weight excluding hydrogens is 542 g/mol. The fourth-order valence-corrected chi connectivity index (χ4v) is 5.55. The summed E-state index contributed by atoms with van der Waals surface area (Å²) < 4.78 is 21.1. The summed E-state index contributed by atoms with van der Waals surface area (Å²) in [6.45, 7) is 0. The Morgan fingerprint density at radius 1 is 0.857 bits per heavy atom. The Balaban J connectivity index is 1.33. The van der Waals surface area contributed by atoms with Crippen LogP contribution < -0.4 is 14.4 Å². The van der Waals surface area contributed by atoms with Crippen molar-refractivity contribution in [3.63, 3.8) is 0 Å². The Hall–Kier alpha value is -3.96. The van der Waals surface area contributed by atoms with E-state index in [0.29, 0.717) is 11.5 Å². The highest BCUT2D eigenvalue weighted by molar-refractivity contribution is 6.03. The third-order valence-corrected chi connectivity index (χ3v) is 7.86. The van der Waals surface area contributed by atoms with Gasteiger partial charge in [-0.1, -0.05) is 42.5 Å². The number of esters is 1. The fraction of sp³-hybridized carbons (Fsp3) is 0.375. The first-order valence-electron chi connectivity index (χ1n) is 13.9. The van der Waals surface area contributed by atoms with E-state index >= 15 is 0 Å². The average molecular weight is 578 g/mol. The molecule has 0 radical (unpaired) electrons. The van der Waals surface area contributed by atoms with Gasteiger partial charge in [-0.25, -0.2) is 4.79 Å². The largest absolute Gasteiger partial charge is 0.497 e. The molecule has 2 saturated heterocycles. The van der Waals surface area contributed by atoms with E-state index in [-0.39, 0.29) is 17.9 Å². The van der Waals surface area contributed by atoms with Crippen molar-refractivity contribution in [1.82, 2.24) is 0 Å². The number of rotatable bonds is 10. The molecule has 0 saturated carbocycles. The summed E-state index contributed by atoms with van der Waals surface area (Å²) in [6.07, 6.45) is -5.44. The van der Waals surface area contributed by atoms with Crippen molar-refractivity contribution in [1.29, 1.82) is 0 Å². The van der Waals surface area contributed by atoms with Gasteiger partial charge in [0.05, 0.1) is 26.2 Å². The van der Waals surface area contributed by atoms with Crippen molar-refractivity contribution in [2.45, 2.75) is 56.0 Å². The maximum Gasteiger partial charge on any atom is 0.337 e. The summed E-state index contributed by atoms with van der Waals surface area (Å²) >= 11 is 0. The van der Waals surface area contributed by atoms with E-state index in [0.717, 1.165) is 37.6 Å². The molecule has 222 valence electrons. The number of aryl methyl sites for hydroxylation is 1. The number of anilines is 1. The number of carbonyl (C=O) groups is 2. The number of nitrogens with zero attached hydrogens (tertiary/aromatic N) is 1. The second-order valence-electron chi connectivity index (χ2n) is 10.4. The Morgan fingerprint density at radius 2 is 1.52 bits per heavy atom. The van der Waals surface area contributed by atoms with Crippen LogP contribution in [0.25, 0.3) is 0 Å². The molecule has 2 heterocycles. The van der Waals surface area contributed by atoms with Gasteiger partial charge in [0.25, 0.3) is 0 Å². The van der Waals surface area contributed by atoms with E-state index in [1.165, 1.54) is 5.56 Å². The first-order chi connectivity index (χ1) is 20.3. The molecule has 0 bridgehead atoms. The fourth-order valence-electron chi connectivity index (χ4n) is 5.55. The molecule has 7 atom stereocenters. The van der Waals surface area contributed by atoms with Gasteiger partial charge in [-0.15, -0.1) is 0 Å². The van der Waals surface area contributed by atoms with E-state index in [1.54, 1.807) is 24.1 Å². The van der Waals surface area contributed by atoms with Gasteiger partial charge in [0.15, 0.2) is 6.10 Å². The molecular formula is C32H35NO9. The smallest absolute Gasteiger partial charge is 0.337 e. The van der Waals surface area contributed by atoms with E-state index in [4.69, 9.17) is 14.2 Å². The predicted molar refractivity (Wildman–Crippen MR) is 152 cm³/mol. The van der Waals surface area contributed by atoms with E-state index in [9.17, 15) is 24.9 Å². The molecule has 2 fully saturated rings. The molecule has 0 aliphatic carbocycles. The first kappa shape index (κ1) is 29.5. The van der Waals surface area contributed by atoms with Gasteiger partial charge in [0.1, 0.15) is 29.8 Å². The molecule has 3 aromatic carbocycles. The summed E-state index contributed by atoms with van der Waals surface area (Å²) in [5.74, 6) is -0.0492. The van der Waals surface area contributed by atoms with E-state index < -0.39 is 36.7 Å². The topological polar surface area (TPSA) is 135 Å². The lowest BCUT2D eigenvalue weighted by atomic mass is 9.78. The summed E-state index contributed by atoms with van der Waals surface area (Å²) in [7, 11) is 2.72. The SMILES string of the molecule is COC(=O)[C@H]1O[C@@H](Oc2ccc([C@@H]3[C@@H](CCCc4ccccc4)C(=O)N3c3ccc(OC)cc3)cc2)[C@H](O)[C@@H](O)[C@@H]1O.